The van der Waals surface area contributed by atoms with Crippen LogP contribution in [0.5, 0.6) is 5.75 Å². The van der Waals surface area contributed by atoms with Crippen LogP contribution < -0.4 is 4.74 Å². The highest BCUT2D eigenvalue weighted by Crippen LogP contribution is 2.25. The second-order valence-corrected chi connectivity index (χ2v) is 5.07. The lowest BCUT2D eigenvalue weighted by Crippen LogP contribution is -2.09. The molecule has 0 spiro atoms. The molecular formula is C15H22N2O3S. The van der Waals surface area contributed by atoms with Crippen LogP contribution in [0.25, 0.3) is 11.0 Å². The summed E-state index contributed by atoms with van der Waals surface area (Å²) in [6.07, 6.45) is 0.977. The lowest BCUT2D eigenvalue weighted by Gasteiger charge is -2.08. The van der Waals surface area contributed by atoms with Crippen LogP contribution >= 0.6 is 12.2 Å². The van der Waals surface area contributed by atoms with Crippen molar-refractivity contribution in [1.29, 1.82) is 0 Å². The summed E-state index contributed by atoms with van der Waals surface area (Å²) in [5.41, 5.74) is 2.00. The molecular weight excluding hydrogens is 288 g/mol. The standard InChI is InChI=1S/C15H22N2O3S/c1-3-8-20-13-6-4-5-12-14(13)16-15(21)17(12)7-9-19-11-10-18-2/h4-6H,3,7-11H2,1-2H3,(H,16,21). The van der Waals surface area contributed by atoms with Gasteiger partial charge >= 0.3 is 0 Å². The maximum Gasteiger partial charge on any atom is 0.178 e. The van der Waals surface area contributed by atoms with Gasteiger partial charge in [0.1, 0.15) is 11.3 Å². The first-order valence-corrected chi connectivity index (χ1v) is 7.59. The first kappa shape index (κ1) is 16.0. The molecule has 0 amide bonds. The van der Waals surface area contributed by atoms with E-state index >= 15 is 0 Å². The number of imidazole rings is 1. The van der Waals surface area contributed by atoms with Crippen molar-refractivity contribution in [2.24, 2.45) is 0 Å². The van der Waals surface area contributed by atoms with E-state index < -0.39 is 0 Å². The van der Waals surface area contributed by atoms with Crippen LogP contribution in [0.3, 0.4) is 0 Å². The van der Waals surface area contributed by atoms with E-state index in [1.165, 1.54) is 0 Å². The molecule has 2 aromatic rings. The Morgan fingerprint density at radius 1 is 1.19 bits per heavy atom. The Hall–Kier alpha value is -1.37. The van der Waals surface area contributed by atoms with Crippen LogP contribution in [-0.2, 0) is 16.0 Å². The SMILES string of the molecule is CCCOc1cccc2c1[nH]c(=S)n2CCOCCOC. The number of benzene rings is 1. The molecule has 0 aliphatic rings. The summed E-state index contributed by atoms with van der Waals surface area (Å²) in [5, 5.41) is 0. The number of para-hydroxylation sites is 1. The second kappa shape index (κ2) is 8.17. The Morgan fingerprint density at radius 3 is 2.81 bits per heavy atom. The Balaban J connectivity index is 2.13. The first-order chi connectivity index (χ1) is 10.3. The minimum atomic E-state index is 0.594. The number of nitrogens with zero attached hydrogens (tertiary/aromatic N) is 1. The molecule has 0 unspecified atom stereocenters. The third-order valence-electron chi connectivity index (χ3n) is 3.12. The molecule has 0 aliphatic heterocycles. The van der Waals surface area contributed by atoms with Gasteiger partial charge in [0.05, 0.1) is 31.9 Å². The fourth-order valence-electron chi connectivity index (χ4n) is 2.11. The van der Waals surface area contributed by atoms with E-state index in [2.05, 4.69) is 11.9 Å². The Morgan fingerprint density at radius 2 is 2.05 bits per heavy atom. The Labute approximate surface area is 129 Å². The second-order valence-electron chi connectivity index (χ2n) is 4.69. The number of nitrogens with one attached hydrogen (secondary N) is 1. The van der Waals surface area contributed by atoms with Crippen molar-refractivity contribution in [2.45, 2.75) is 19.9 Å². The third-order valence-corrected chi connectivity index (χ3v) is 3.45. The van der Waals surface area contributed by atoms with Gasteiger partial charge in [-0.15, -0.1) is 0 Å². The van der Waals surface area contributed by atoms with E-state index in [-0.39, 0.29) is 0 Å². The summed E-state index contributed by atoms with van der Waals surface area (Å²) < 4.78 is 18.9. The molecule has 0 bridgehead atoms. The average molecular weight is 310 g/mol. The number of fused-ring (bicyclic) bond motifs is 1. The number of hydrogen-bond donors (Lipinski definition) is 1. The predicted octanol–water partition coefficient (Wildman–Crippen LogP) is 3.15. The topological polar surface area (TPSA) is 48.4 Å². The Kier molecular flexibility index (Phi) is 6.22. The van der Waals surface area contributed by atoms with Crippen molar-refractivity contribution in [1.82, 2.24) is 9.55 Å². The number of hydrogen-bond acceptors (Lipinski definition) is 4. The van der Waals surface area contributed by atoms with Gasteiger partial charge in [0.15, 0.2) is 4.77 Å². The molecule has 1 aromatic carbocycles. The number of ether oxygens (including phenoxy) is 3. The van der Waals surface area contributed by atoms with Crippen molar-refractivity contribution in [2.75, 3.05) is 33.5 Å². The predicted molar refractivity (Wildman–Crippen MR) is 85.6 cm³/mol. The van der Waals surface area contributed by atoms with E-state index in [1.54, 1.807) is 7.11 Å². The van der Waals surface area contributed by atoms with Gasteiger partial charge in [0.2, 0.25) is 0 Å². The maximum atomic E-state index is 5.76. The molecule has 0 saturated heterocycles. The highest BCUT2D eigenvalue weighted by Gasteiger charge is 2.09. The smallest absolute Gasteiger partial charge is 0.178 e. The minimum Gasteiger partial charge on any atom is -0.491 e. The van der Waals surface area contributed by atoms with E-state index in [0.29, 0.717) is 37.7 Å². The zero-order valence-electron chi connectivity index (χ0n) is 12.6. The van der Waals surface area contributed by atoms with Crippen LogP contribution in [-0.4, -0.2) is 43.1 Å². The fraction of sp³-hybridized carbons (Fsp3) is 0.533. The normalized spacial score (nSPS) is 11.1. The van der Waals surface area contributed by atoms with Crippen molar-refractivity contribution in [3.8, 4) is 5.75 Å². The molecule has 1 N–H and O–H groups in total. The van der Waals surface area contributed by atoms with Gasteiger partial charge in [0, 0.05) is 13.7 Å². The summed E-state index contributed by atoms with van der Waals surface area (Å²) in [6, 6.07) is 5.98. The van der Waals surface area contributed by atoms with Gasteiger partial charge in [-0.1, -0.05) is 13.0 Å². The van der Waals surface area contributed by atoms with Crippen LogP contribution in [0.15, 0.2) is 18.2 Å². The summed E-state index contributed by atoms with van der Waals surface area (Å²) in [7, 11) is 1.66. The molecule has 1 heterocycles. The molecule has 6 heteroatoms. The van der Waals surface area contributed by atoms with Gasteiger partial charge in [-0.3, -0.25) is 0 Å². The minimum absolute atomic E-state index is 0.594. The molecule has 116 valence electrons. The molecule has 0 aliphatic carbocycles. The highest BCUT2D eigenvalue weighted by molar-refractivity contribution is 7.71. The van der Waals surface area contributed by atoms with Gasteiger partial charge in [-0.2, -0.15) is 0 Å². The molecule has 0 fully saturated rings. The number of rotatable bonds is 9. The molecule has 5 nitrogen and oxygen atoms in total. The summed E-state index contributed by atoms with van der Waals surface area (Å²) >= 11 is 5.40. The zero-order chi connectivity index (χ0) is 15.1. The fourth-order valence-corrected chi connectivity index (χ4v) is 2.40. The number of methoxy groups -OCH3 is 1. The van der Waals surface area contributed by atoms with Gasteiger partial charge in [-0.25, -0.2) is 0 Å². The Bertz CT molecular complexity index is 621. The number of aromatic nitrogens is 2. The van der Waals surface area contributed by atoms with Crippen molar-refractivity contribution < 1.29 is 14.2 Å². The molecule has 0 atom stereocenters. The summed E-state index contributed by atoms with van der Waals surface area (Å²) in [6.45, 7) is 5.30. The summed E-state index contributed by atoms with van der Waals surface area (Å²) in [5.74, 6) is 0.847. The van der Waals surface area contributed by atoms with Crippen LogP contribution in [0, 0.1) is 4.77 Å². The van der Waals surface area contributed by atoms with E-state index in [4.69, 9.17) is 26.4 Å². The highest BCUT2D eigenvalue weighted by atomic mass is 32.1. The lowest BCUT2D eigenvalue weighted by molar-refractivity contribution is 0.0668. The van der Waals surface area contributed by atoms with E-state index in [1.807, 2.05) is 22.8 Å². The lowest BCUT2D eigenvalue weighted by atomic mass is 10.3. The van der Waals surface area contributed by atoms with Crippen LogP contribution in [0.2, 0.25) is 0 Å². The quantitative estimate of drug-likeness (QED) is 0.571. The van der Waals surface area contributed by atoms with Crippen molar-refractivity contribution in [3.63, 3.8) is 0 Å². The first-order valence-electron chi connectivity index (χ1n) is 7.19. The molecule has 0 saturated carbocycles. The summed E-state index contributed by atoms with van der Waals surface area (Å²) in [4.78, 5) is 3.23. The maximum absolute atomic E-state index is 5.76. The van der Waals surface area contributed by atoms with Gasteiger partial charge in [0.25, 0.3) is 0 Å². The average Bonchev–Trinajstić information content (AvgIpc) is 2.81. The number of H-pyrrole nitrogens is 1. The third kappa shape index (κ3) is 4.06. The van der Waals surface area contributed by atoms with Crippen LogP contribution in [0.1, 0.15) is 13.3 Å². The van der Waals surface area contributed by atoms with Gasteiger partial charge in [-0.05, 0) is 30.8 Å². The number of aromatic amines is 1. The zero-order valence-corrected chi connectivity index (χ0v) is 13.4. The van der Waals surface area contributed by atoms with Crippen molar-refractivity contribution >= 4 is 23.3 Å². The molecule has 1 aromatic heterocycles. The van der Waals surface area contributed by atoms with E-state index in [9.17, 15) is 0 Å². The largest absolute Gasteiger partial charge is 0.491 e. The van der Waals surface area contributed by atoms with E-state index in [0.717, 1.165) is 23.2 Å². The molecule has 21 heavy (non-hydrogen) atoms. The molecule has 0 radical (unpaired) electrons. The monoisotopic (exact) mass is 310 g/mol. The molecule has 2 rings (SSSR count). The van der Waals surface area contributed by atoms with Gasteiger partial charge < -0.3 is 23.8 Å². The van der Waals surface area contributed by atoms with Crippen LogP contribution in [0.4, 0.5) is 0 Å². The van der Waals surface area contributed by atoms with Crippen molar-refractivity contribution in [3.05, 3.63) is 23.0 Å².